The molecule has 0 aliphatic rings. The minimum Gasteiger partial charge on any atom is -0.303 e. The third-order valence-electron chi connectivity index (χ3n) is 3.98. The van der Waals surface area contributed by atoms with Crippen LogP contribution < -0.4 is 0 Å². The van der Waals surface area contributed by atoms with Crippen LogP contribution in [0, 0.1) is 0 Å². The molecule has 0 heterocycles. The Labute approximate surface area is 150 Å². The van der Waals surface area contributed by atoms with Crippen molar-refractivity contribution in [1.29, 1.82) is 0 Å². The predicted molar refractivity (Wildman–Crippen MR) is 103 cm³/mol. The Morgan fingerprint density at radius 3 is 1.04 bits per heavy atom. The molecule has 0 aromatic rings. The zero-order valence-electron chi connectivity index (χ0n) is 16.3. The van der Waals surface area contributed by atoms with Gasteiger partial charge in [0.1, 0.15) is 0 Å². The lowest BCUT2D eigenvalue weighted by atomic mass is 10.1. The topological polar surface area (TPSA) is 81.0 Å². The fourth-order valence-corrected chi connectivity index (χ4v) is 2.62. The molecule has 0 aromatic carbocycles. The lowest BCUT2D eigenvalue weighted by Gasteiger charge is -2.22. The van der Waals surface area contributed by atoms with Crippen molar-refractivity contribution in [3.63, 3.8) is 0 Å². The molecular formula is C18H42NO4P. The zero-order valence-corrected chi connectivity index (χ0v) is 17.1. The average Bonchev–Trinajstić information content (AvgIpc) is 2.49. The normalized spacial score (nSPS) is 11.5. The molecule has 0 bridgehead atoms. The molecule has 0 aromatic heterocycles. The number of rotatable bonds is 15. The van der Waals surface area contributed by atoms with Gasteiger partial charge in [0, 0.05) is 0 Å². The van der Waals surface area contributed by atoms with Gasteiger partial charge in [-0.1, -0.05) is 78.6 Å². The summed E-state index contributed by atoms with van der Waals surface area (Å²) in [7, 11) is -4.64. The highest BCUT2D eigenvalue weighted by Crippen LogP contribution is 2.25. The highest BCUT2D eigenvalue weighted by atomic mass is 31.2. The summed E-state index contributed by atoms with van der Waals surface area (Å²) < 4.78 is 8.88. The van der Waals surface area contributed by atoms with Gasteiger partial charge in [-0.25, -0.2) is 4.57 Å². The molecular weight excluding hydrogens is 325 g/mol. The molecule has 0 spiro atoms. The number of unbranched alkanes of at least 4 members (excludes halogenated alkanes) is 9. The second-order valence-corrected chi connectivity index (χ2v) is 7.56. The molecule has 0 fully saturated rings. The van der Waals surface area contributed by atoms with Crippen LogP contribution >= 0.6 is 7.82 Å². The molecule has 0 amide bonds. The smallest absolute Gasteiger partial charge is 0.303 e. The quantitative estimate of drug-likeness (QED) is 0.277. The van der Waals surface area contributed by atoms with Gasteiger partial charge in [0.05, 0.1) is 0 Å². The molecule has 0 rings (SSSR count). The largest absolute Gasteiger partial charge is 0.466 e. The summed E-state index contributed by atoms with van der Waals surface area (Å²) >= 11 is 0. The van der Waals surface area contributed by atoms with E-state index in [1.54, 1.807) is 0 Å². The average molecular weight is 368 g/mol. The Balaban J connectivity index is 0. The minimum atomic E-state index is -4.64. The van der Waals surface area contributed by atoms with Gasteiger partial charge in [-0.05, 0) is 38.9 Å². The van der Waals surface area contributed by atoms with Crippen molar-refractivity contribution < 1.29 is 19.2 Å². The van der Waals surface area contributed by atoms with Crippen LogP contribution in [0.5, 0.6) is 0 Å². The van der Waals surface area contributed by atoms with E-state index in [1.165, 1.54) is 96.7 Å². The number of hydrogen-bond donors (Lipinski definition) is 3. The van der Waals surface area contributed by atoms with Gasteiger partial charge in [0.25, 0.3) is 0 Å². The van der Waals surface area contributed by atoms with E-state index in [0.29, 0.717) is 0 Å². The van der Waals surface area contributed by atoms with E-state index in [-0.39, 0.29) is 0 Å². The van der Waals surface area contributed by atoms with Crippen molar-refractivity contribution in [2.24, 2.45) is 0 Å². The number of hydrogen-bond acceptors (Lipinski definition) is 2. The van der Waals surface area contributed by atoms with Crippen molar-refractivity contribution in [3.8, 4) is 0 Å². The molecule has 0 aliphatic heterocycles. The summed E-state index contributed by atoms with van der Waals surface area (Å²) in [5.74, 6) is 0. The molecule has 5 nitrogen and oxygen atoms in total. The summed E-state index contributed by atoms with van der Waals surface area (Å²) in [6.07, 6.45) is 16.8. The van der Waals surface area contributed by atoms with Crippen molar-refractivity contribution in [3.05, 3.63) is 0 Å². The molecule has 6 heteroatoms. The second kappa shape index (κ2) is 19.4. The van der Waals surface area contributed by atoms with E-state index < -0.39 is 7.82 Å². The second-order valence-electron chi connectivity index (χ2n) is 6.54. The molecule has 148 valence electrons. The summed E-state index contributed by atoms with van der Waals surface area (Å²) in [5.41, 5.74) is 0. The van der Waals surface area contributed by atoms with Crippen molar-refractivity contribution in [2.45, 2.75) is 97.8 Å². The first kappa shape index (κ1) is 26.3. The third kappa shape index (κ3) is 30.0. The predicted octanol–water partition coefficient (Wildman–Crippen LogP) is 5.10. The van der Waals surface area contributed by atoms with E-state index in [0.717, 1.165) is 0 Å². The SMILES string of the molecule is CCCCCCN(CCCCCC)CCCCCC.O=P(O)(O)O. The van der Waals surface area contributed by atoms with Crippen LogP contribution in [0.4, 0.5) is 0 Å². The first-order valence-corrected chi connectivity index (χ1v) is 11.4. The van der Waals surface area contributed by atoms with Crippen molar-refractivity contribution >= 4 is 7.82 Å². The van der Waals surface area contributed by atoms with Crippen LogP contribution in [0.1, 0.15) is 97.8 Å². The number of nitrogens with zero attached hydrogens (tertiary/aromatic N) is 1. The van der Waals surface area contributed by atoms with Crippen LogP contribution in [-0.4, -0.2) is 39.2 Å². The Kier molecular flexibility index (Phi) is 21.3. The molecule has 0 unspecified atom stereocenters. The third-order valence-corrected chi connectivity index (χ3v) is 3.98. The summed E-state index contributed by atoms with van der Waals surface area (Å²) in [6, 6.07) is 0. The Morgan fingerprint density at radius 2 is 0.833 bits per heavy atom. The van der Waals surface area contributed by atoms with Crippen LogP contribution in [0.15, 0.2) is 0 Å². The monoisotopic (exact) mass is 367 g/mol. The lowest BCUT2D eigenvalue weighted by molar-refractivity contribution is 0.255. The number of phosphoric acid groups is 1. The molecule has 24 heavy (non-hydrogen) atoms. The van der Waals surface area contributed by atoms with Crippen molar-refractivity contribution in [1.82, 2.24) is 4.90 Å². The van der Waals surface area contributed by atoms with Crippen LogP contribution in [-0.2, 0) is 4.57 Å². The molecule has 0 aliphatic carbocycles. The van der Waals surface area contributed by atoms with E-state index >= 15 is 0 Å². The molecule has 0 atom stereocenters. The summed E-state index contributed by atoms with van der Waals surface area (Å²) in [6.45, 7) is 10.9. The Morgan fingerprint density at radius 1 is 0.583 bits per heavy atom. The Hall–Kier alpha value is 0.0700. The fourth-order valence-electron chi connectivity index (χ4n) is 2.62. The first-order chi connectivity index (χ1) is 11.3. The van der Waals surface area contributed by atoms with Gasteiger partial charge in [-0.3, -0.25) is 0 Å². The Bertz CT molecular complexity index is 247. The van der Waals surface area contributed by atoms with E-state index in [9.17, 15) is 0 Å². The zero-order chi connectivity index (χ0) is 18.7. The molecule has 0 saturated heterocycles. The standard InChI is InChI=1S/C18H39N.H3O4P/c1-4-7-10-13-16-19(17-14-11-8-5-2)18-15-12-9-6-3;1-5(2,3)4/h4-18H2,1-3H3;(H3,1,2,3,4). The van der Waals surface area contributed by atoms with E-state index in [1.807, 2.05) is 0 Å². The molecule has 3 N–H and O–H groups in total. The van der Waals surface area contributed by atoms with E-state index in [2.05, 4.69) is 25.7 Å². The van der Waals surface area contributed by atoms with Gasteiger partial charge in [-0.15, -0.1) is 0 Å². The first-order valence-electron chi connectivity index (χ1n) is 9.85. The van der Waals surface area contributed by atoms with Crippen LogP contribution in [0.3, 0.4) is 0 Å². The van der Waals surface area contributed by atoms with Crippen LogP contribution in [0.2, 0.25) is 0 Å². The summed E-state index contributed by atoms with van der Waals surface area (Å²) in [5, 5.41) is 0. The highest BCUT2D eigenvalue weighted by Gasteiger charge is 2.04. The van der Waals surface area contributed by atoms with Crippen molar-refractivity contribution in [2.75, 3.05) is 19.6 Å². The lowest BCUT2D eigenvalue weighted by Crippen LogP contribution is -2.27. The maximum absolute atomic E-state index is 8.88. The molecule has 0 saturated carbocycles. The highest BCUT2D eigenvalue weighted by molar-refractivity contribution is 7.45. The van der Waals surface area contributed by atoms with Gasteiger partial charge in [0.2, 0.25) is 0 Å². The van der Waals surface area contributed by atoms with Gasteiger partial charge in [0.15, 0.2) is 0 Å². The van der Waals surface area contributed by atoms with Crippen LogP contribution in [0.25, 0.3) is 0 Å². The van der Waals surface area contributed by atoms with Gasteiger partial charge >= 0.3 is 7.82 Å². The van der Waals surface area contributed by atoms with Gasteiger partial charge in [-0.2, -0.15) is 0 Å². The fraction of sp³-hybridized carbons (Fsp3) is 1.00. The molecule has 0 radical (unpaired) electrons. The van der Waals surface area contributed by atoms with E-state index in [4.69, 9.17) is 19.2 Å². The maximum Gasteiger partial charge on any atom is 0.466 e. The maximum atomic E-state index is 8.88. The van der Waals surface area contributed by atoms with Gasteiger partial charge < -0.3 is 19.6 Å². The summed E-state index contributed by atoms with van der Waals surface area (Å²) in [4.78, 5) is 24.3. The minimum absolute atomic E-state index is 1.35.